The highest BCUT2D eigenvalue weighted by Gasteiger charge is 2.33. The first-order chi connectivity index (χ1) is 10.2. The van der Waals surface area contributed by atoms with E-state index in [0.717, 1.165) is 31.2 Å². The lowest BCUT2D eigenvalue weighted by Crippen LogP contribution is -2.31. The molecule has 0 N–H and O–H groups in total. The van der Waals surface area contributed by atoms with Crippen molar-refractivity contribution in [3.8, 4) is 0 Å². The summed E-state index contributed by atoms with van der Waals surface area (Å²) in [5, 5.41) is -0.157. The first kappa shape index (κ1) is 17.1. The average molecular weight is 335 g/mol. The second-order valence-electron chi connectivity index (χ2n) is 5.86. The zero-order valence-corrected chi connectivity index (χ0v) is 13.2. The number of likely N-dealkylation sites (tertiary alicyclic amines) is 1. The van der Waals surface area contributed by atoms with Gasteiger partial charge in [0.15, 0.2) is 0 Å². The topological polar surface area (TPSA) is 23.6 Å². The first-order valence-corrected chi connectivity index (χ1v) is 7.37. The molecule has 0 saturated carbocycles. The number of benzene rings is 1. The van der Waals surface area contributed by atoms with Crippen molar-refractivity contribution in [2.75, 3.05) is 33.7 Å². The molecule has 1 aliphatic rings. The summed E-state index contributed by atoms with van der Waals surface area (Å²) in [6.07, 6.45) is -3.57. The van der Waals surface area contributed by atoms with Crippen LogP contribution in [0.3, 0.4) is 0 Å². The Morgan fingerprint density at radius 2 is 2.09 bits per heavy atom. The normalized spacial score (nSPS) is 19.0. The van der Waals surface area contributed by atoms with Gasteiger partial charge in [0.25, 0.3) is 5.91 Å². The molecule has 2 rings (SSSR count). The van der Waals surface area contributed by atoms with E-state index in [2.05, 4.69) is 4.90 Å². The second-order valence-corrected chi connectivity index (χ2v) is 6.27. The molecule has 0 radical (unpaired) electrons. The lowest BCUT2D eigenvalue weighted by molar-refractivity contribution is -0.137. The lowest BCUT2D eigenvalue weighted by atomic mass is 10.1. The molecule has 0 spiro atoms. The Morgan fingerprint density at radius 1 is 1.41 bits per heavy atom. The van der Waals surface area contributed by atoms with Crippen molar-refractivity contribution in [1.82, 2.24) is 9.80 Å². The van der Waals surface area contributed by atoms with E-state index in [-0.39, 0.29) is 16.5 Å². The quantitative estimate of drug-likeness (QED) is 0.846. The number of halogens is 4. The van der Waals surface area contributed by atoms with Crippen molar-refractivity contribution in [2.45, 2.75) is 12.6 Å². The van der Waals surface area contributed by atoms with Crippen LogP contribution in [0.25, 0.3) is 0 Å². The largest absolute Gasteiger partial charge is 0.416 e. The summed E-state index contributed by atoms with van der Waals surface area (Å²) >= 11 is 5.87. The van der Waals surface area contributed by atoms with Crippen molar-refractivity contribution >= 4 is 17.5 Å². The maximum Gasteiger partial charge on any atom is 0.416 e. The van der Waals surface area contributed by atoms with Gasteiger partial charge in [0.05, 0.1) is 16.1 Å². The predicted octanol–water partition coefficient (Wildman–Crippen LogP) is 3.38. The van der Waals surface area contributed by atoms with Gasteiger partial charge < -0.3 is 9.80 Å². The minimum Gasteiger partial charge on any atom is -0.338 e. The van der Waals surface area contributed by atoms with Gasteiger partial charge in [0.1, 0.15) is 0 Å². The monoisotopic (exact) mass is 334 g/mol. The molecule has 3 nitrogen and oxygen atoms in total. The zero-order chi connectivity index (χ0) is 16.5. The molecule has 1 aliphatic heterocycles. The average Bonchev–Trinajstić information content (AvgIpc) is 2.84. The van der Waals surface area contributed by atoms with Crippen LogP contribution in [0.2, 0.25) is 5.02 Å². The van der Waals surface area contributed by atoms with Crippen LogP contribution in [0, 0.1) is 5.92 Å². The molecule has 1 heterocycles. The summed E-state index contributed by atoms with van der Waals surface area (Å²) in [6, 6.07) is 2.86. The molecule has 0 aliphatic carbocycles. The fourth-order valence-electron chi connectivity index (χ4n) is 2.72. The maximum absolute atomic E-state index is 12.6. The number of amides is 1. The third-order valence-electron chi connectivity index (χ3n) is 3.72. The Hall–Kier alpha value is -1.27. The van der Waals surface area contributed by atoms with E-state index >= 15 is 0 Å². The summed E-state index contributed by atoms with van der Waals surface area (Å²) in [5.41, 5.74) is -0.721. The van der Waals surface area contributed by atoms with Crippen molar-refractivity contribution in [1.29, 1.82) is 0 Å². The van der Waals surface area contributed by atoms with Gasteiger partial charge in [0, 0.05) is 19.6 Å². The Balaban J connectivity index is 2.11. The number of rotatable bonds is 3. The van der Waals surface area contributed by atoms with Gasteiger partial charge in [0.2, 0.25) is 0 Å². The number of hydrogen-bond acceptors (Lipinski definition) is 2. The van der Waals surface area contributed by atoms with Crippen LogP contribution in [0.4, 0.5) is 13.2 Å². The van der Waals surface area contributed by atoms with Gasteiger partial charge >= 0.3 is 6.18 Å². The van der Waals surface area contributed by atoms with E-state index in [9.17, 15) is 18.0 Å². The first-order valence-electron chi connectivity index (χ1n) is 6.99. The Labute approximate surface area is 132 Å². The minimum absolute atomic E-state index is 0.125. The summed E-state index contributed by atoms with van der Waals surface area (Å²) in [6.45, 7) is 2.09. The molecular weight excluding hydrogens is 317 g/mol. The van der Waals surface area contributed by atoms with Crippen molar-refractivity contribution in [2.24, 2.45) is 5.92 Å². The summed E-state index contributed by atoms with van der Waals surface area (Å²) in [7, 11) is 3.94. The number of alkyl halides is 3. The third-order valence-corrected chi connectivity index (χ3v) is 4.04. The van der Waals surface area contributed by atoms with Crippen LogP contribution < -0.4 is 0 Å². The molecular formula is C15H18ClF3N2O. The van der Waals surface area contributed by atoms with Crippen LogP contribution in [0.1, 0.15) is 22.3 Å². The molecule has 1 atom stereocenters. The molecule has 0 unspecified atom stereocenters. The lowest BCUT2D eigenvalue weighted by Gasteiger charge is -2.19. The highest BCUT2D eigenvalue weighted by Crippen LogP contribution is 2.32. The number of hydrogen-bond donors (Lipinski definition) is 0. The van der Waals surface area contributed by atoms with Crippen molar-refractivity contribution in [3.05, 3.63) is 34.3 Å². The fraction of sp³-hybridized carbons (Fsp3) is 0.533. The maximum atomic E-state index is 12.6. The van der Waals surface area contributed by atoms with Crippen LogP contribution in [-0.4, -0.2) is 49.4 Å². The standard InChI is InChI=1S/C15H18ClF3N2O/c1-20(2)8-10-5-6-21(9-10)14(22)12-4-3-11(7-13(12)16)15(17,18)19/h3-4,7,10H,5-6,8-9H2,1-2H3/t10-/m0/s1. The molecule has 122 valence electrons. The van der Waals surface area contributed by atoms with E-state index in [0.29, 0.717) is 19.0 Å². The molecule has 22 heavy (non-hydrogen) atoms. The molecule has 0 bridgehead atoms. The number of carbonyl (C=O) groups is 1. The van der Waals surface area contributed by atoms with Crippen molar-refractivity contribution < 1.29 is 18.0 Å². The van der Waals surface area contributed by atoms with E-state index in [1.807, 2.05) is 14.1 Å². The Bertz CT molecular complexity index is 560. The van der Waals surface area contributed by atoms with Crippen LogP contribution in [-0.2, 0) is 6.18 Å². The molecule has 1 fully saturated rings. The Morgan fingerprint density at radius 3 is 2.64 bits per heavy atom. The molecule has 1 aromatic rings. The second kappa shape index (κ2) is 6.46. The zero-order valence-electron chi connectivity index (χ0n) is 12.5. The van der Waals surface area contributed by atoms with Gasteiger partial charge in [-0.25, -0.2) is 0 Å². The van der Waals surface area contributed by atoms with Crippen LogP contribution in [0.5, 0.6) is 0 Å². The van der Waals surface area contributed by atoms with E-state index in [4.69, 9.17) is 11.6 Å². The number of nitrogens with zero attached hydrogens (tertiary/aromatic N) is 2. The molecule has 1 saturated heterocycles. The summed E-state index contributed by atoms with van der Waals surface area (Å²) in [4.78, 5) is 16.1. The van der Waals surface area contributed by atoms with E-state index in [1.165, 1.54) is 0 Å². The number of carbonyl (C=O) groups excluding carboxylic acids is 1. The highest BCUT2D eigenvalue weighted by molar-refractivity contribution is 6.33. The van der Waals surface area contributed by atoms with E-state index in [1.54, 1.807) is 4.90 Å². The minimum atomic E-state index is -4.46. The fourth-order valence-corrected chi connectivity index (χ4v) is 2.98. The molecule has 0 aromatic heterocycles. The SMILES string of the molecule is CN(C)C[C@@H]1CCN(C(=O)c2ccc(C(F)(F)F)cc2Cl)C1. The Kier molecular flexibility index (Phi) is 5.02. The van der Waals surface area contributed by atoms with Crippen LogP contribution >= 0.6 is 11.6 Å². The third kappa shape index (κ3) is 3.93. The summed E-state index contributed by atoms with van der Waals surface area (Å²) in [5.74, 6) is 0.0761. The smallest absolute Gasteiger partial charge is 0.338 e. The predicted molar refractivity (Wildman–Crippen MR) is 79.0 cm³/mol. The van der Waals surface area contributed by atoms with Gasteiger partial charge in [-0.05, 0) is 44.6 Å². The van der Waals surface area contributed by atoms with Gasteiger partial charge in [-0.3, -0.25) is 4.79 Å². The van der Waals surface area contributed by atoms with Crippen molar-refractivity contribution in [3.63, 3.8) is 0 Å². The molecule has 7 heteroatoms. The summed E-state index contributed by atoms with van der Waals surface area (Å²) < 4.78 is 37.8. The van der Waals surface area contributed by atoms with Gasteiger partial charge in [-0.2, -0.15) is 13.2 Å². The highest BCUT2D eigenvalue weighted by atomic mass is 35.5. The molecule has 1 aromatic carbocycles. The van der Waals surface area contributed by atoms with E-state index < -0.39 is 11.7 Å². The van der Waals surface area contributed by atoms with Crippen LogP contribution in [0.15, 0.2) is 18.2 Å². The van der Waals surface area contributed by atoms with Gasteiger partial charge in [-0.15, -0.1) is 0 Å². The molecule has 1 amide bonds. The van der Waals surface area contributed by atoms with Gasteiger partial charge in [-0.1, -0.05) is 11.6 Å².